The van der Waals surface area contributed by atoms with Crippen molar-refractivity contribution < 1.29 is 0 Å². The smallest absolute Gasteiger partial charge is 0.0342 e. The number of benzene rings is 2. The van der Waals surface area contributed by atoms with Crippen molar-refractivity contribution in [1.82, 2.24) is 0 Å². The Morgan fingerprint density at radius 2 is 1.67 bits per heavy atom. The highest BCUT2D eigenvalue weighted by atomic mass is 14.9. The van der Waals surface area contributed by atoms with E-state index >= 15 is 0 Å². The molecular weight excluding hydrogens is 218 g/mol. The van der Waals surface area contributed by atoms with E-state index in [1.54, 1.807) is 0 Å². The second-order valence-corrected chi connectivity index (χ2v) is 5.22. The number of nitrogens with one attached hydrogen (secondary N) is 1. The minimum absolute atomic E-state index is 0.572. The SMILES string of the molecule is Cc1ccc(N[C@H]2CCc3ccccc3C2)cc1. The molecular formula is C17H19N. The van der Waals surface area contributed by atoms with Crippen LogP contribution >= 0.6 is 0 Å². The van der Waals surface area contributed by atoms with Crippen LogP contribution in [0.2, 0.25) is 0 Å². The standard InChI is InChI=1S/C17H19N/c1-13-6-9-16(10-7-13)18-17-11-8-14-4-2-3-5-15(14)12-17/h2-7,9-10,17-18H,8,11-12H2,1H3/t17-/m0/s1. The van der Waals surface area contributed by atoms with Crippen molar-refractivity contribution in [1.29, 1.82) is 0 Å². The lowest BCUT2D eigenvalue weighted by atomic mass is 9.88. The molecule has 1 nitrogen and oxygen atoms in total. The van der Waals surface area contributed by atoms with Crippen molar-refractivity contribution in [3.8, 4) is 0 Å². The molecule has 2 aromatic rings. The largest absolute Gasteiger partial charge is 0.382 e. The van der Waals surface area contributed by atoms with Crippen molar-refractivity contribution in [2.75, 3.05) is 5.32 Å². The first-order chi connectivity index (χ1) is 8.81. The Hall–Kier alpha value is -1.76. The van der Waals surface area contributed by atoms with Crippen LogP contribution in [0.1, 0.15) is 23.1 Å². The Morgan fingerprint density at radius 3 is 2.44 bits per heavy atom. The van der Waals surface area contributed by atoms with Gasteiger partial charge >= 0.3 is 0 Å². The van der Waals surface area contributed by atoms with Crippen LogP contribution in [-0.2, 0) is 12.8 Å². The van der Waals surface area contributed by atoms with Gasteiger partial charge in [-0.2, -0.15) is 0 Å². The molecule has 0 aromatic heterocycles. The van der Waals surface area contributed by atoms with Crippen LogP contribution < -0.4 is 5.32 Å². The second-order valence-electron chi connectivity index (χ2n) is 5.22. The first kappa shape index (κ1) is 11.3. The Bertz CT molecular complexity index is 528. The van der Waals surface area contributed by atoms with E-state index in [-0.39, 0.29) is 0 Å². The highest BCUT2D eigenvalue weighted by Crippen LogP contribution is 2.23. The maximum absolute atomic E-state index is 3.65. The number of anilines is 1. The number of aryl methyl sites for hydroxylation is 2. The van der Waals surface area contributed by atoms with Crippen molar-refractivity contribution in [2.24, 2.45) is 0 Å². The summed E-state index contributed by atoms with van der Waals surface area (Å²) in [6.07, 6.45) is 3.56. The molecule has 3 rings (SSSR count). The van der Waals surface area contributed by atoms with Gasteiger partial charge in [-0.1, -0.05) is 42.0 Å². The van der Waals surface area contributed by atoms with Gasteiger partial charge in [0.15, 0.2) is 0 Å². The molecule has 0 saturated heterocycles. The lowest BCUT2D eigenvalue weighted by Crippen LogP contribution is -2.27. The zero-order chi connectivity index (χ0) is 12.4. The number of hydrogen-bond donors (Lipinski definition) is 1. The quantitative estimate of drug-likeness (QED) is 0.833. The van der Waals surface area contributed by atoms with Gasteiger partial charge in [0.1, 0.15) is 0 Å². The Morgan fingerprint density at radius 1 is 0.944 bits per heavy atom. The molecule has 1 aliphatic carbocycles. The highest BCUT2D eigenvalue weighted by Gasteiger charge is 2.17. The summed E-state index contributed by atoms with van der Waals surface area (Å²) in [7, 11) is 0. The van der Waals surface area contributed by atoms with Crippen molar-refractivity contribution >= 4 is 5.69 Å². The van der Waals surface area contributed by atoms with Gasteiger partial charge in [-0.15, -0.1) is 0 Å². The molecule has 92 valence electrons. The predicted molar refractivity (Wildman–Crippen MR) is 77.1 cm³/mol. The van der Waals surface area contributed by atoms with Crippen LogP contribution in [0.3, 0.4) is 0 Å². The Kier molecular flexibility index (Phi) is 3.06. The van der Waals surface area contributed by atoms with Crippen molar-refractivity contribution in [3.05, 3.63) is 65.2 Å². The molecule has 2 aromatic carbocycles. The maximum atomic E-state index is 3.65. The zero-order valence-electron chi connectivity index (χ0n) is 10.8. The van der Waals surface area contributed by atoms with Gasteiger partial charge in [-0.25, -0.2) is 0 Å². The fourth-order valence-electron chi connectivity index (χ4n) is 2.71. The second kappa shape index (κ2) is 4.85. The summed E-state index contributed by atoms with van der Waals surface area (Å²) < 4.78 is 0. The monoisotopic (exact) mass is 237 g/mol. The van der Waals surface area contributed by atoms with E-state index in [9.17, 15) is 0 Å². The molecule has 0 aliphatic heterocycles. The Labute approximate surface area is 109 Å². The van der Waals surface area contributed by atoms with Gasteiger partial charge in [0.25, 0.3) is 0 Å². The van der Waals surface area contributed by atoms with Gasteiger partial charge in [0, 0.05) is 11.7 Å². The average Bonchev–Trinajstić information content (AvgIpc) is 2.41. The topological polar surface area (TPSA) is 12.0 Å². The van der Waals surface area contributed by atoms with E-state index in [1.807, 2.05) is 0 Å². The first-order valence-corrected chi connectivity index (χ1v) is 6.71. The summed E-state index contributed by atoms with van der Waals surface area (Å²) in [5, 5.41) is 3.65. The van der Waals surface area contributed by atoms with Crippen LogP contribution in [0.5, 0.6) is 0 Å². The minimum atomic E-state index is 0.572. The summed E-state index contributed by atoms with van der Waals surface area (Å²) in [5.74, 6) is 0. The molecule has 0 amide bonds. The summed E-state index contributed by atoms with van der Waals surface area (Å²) in [6.45, 7) is 2.13. The van der Waals surface area contributed by atoms with E-state index < -0.39 is 0 Å². The summed E-state index contributed by atoms with van der Waals surface area (Å²) in [5.41, 5.74) is 5.59. The van der Waals surface area contributed by atoms with Gasteiger partial charge < -0.3 is 5.32 Å². The van der Waals surface area contributed by atoms with E-state index in [0.717, 1.165) is 6.42 Å². The summed E-state index contributed by atoms with van der Waals surface area (Å²) in [6, 6.07) is 18.1. The molecule has 0 fully saturated rings. The van der Waals surface area contributed by atoms with Gasteiger partial charge in [-0.3, -0.25) is 0 Å². The molecule has 0 bridgehead atoms. The third-order valence-electron chi connectivity index (χ3n) is 3.77. The van der Waals surface area contributed by atoms with Crippen LogP contribution in [0, 0.1) is 6.92 Å². The average molecular weight is 237 g/mol. The molecule has 18 heavy (non-hydrogen) atoms. The first-order valence-electron chi connectivity index (χ1n) is 6.71. The molecule has 0 radical (unpaired) electrons. The van der Waals surface area contributed by atoms with E-state index in [2.05, 4.69) is 60.8 Å². The van der Waals surface area contributed by atoms with Crippen LogP contribution in [0.15, 0.2) is 48.5 Å². The lowest BCUT2D eigenvalue weighted by molar-refractivity contribution is 0.611. The highest BCUT2D eigenvalue weighted by molar-refractivity contribution is 5.46. The van der Waals surface area contributed by atoms with Crippen LogP contribution in [0.25, 0.3) is 0 Å². The number of hydrogen-bond acceptors (Lipinski definition) is 1. The van der Waals surface area contributed by atoms with Gasteiger partial charge in [0.2, 0.25) is 0 Å². The molecule has 0 saturated carbocycles. The molecule has 1 aliphatic rings. The number of rotatable bonds is 2. The molecule has 1 atom stereocenters. The third-order valence-corrected chi connectivity index (χ3v) is 3.77. The van der Waals surface area contributed by atoms with Crippen molar-refractivity contribution in [2.45, 2.75) is 32.2 Å². The fourth-order valence-corrected chi connectivity index (χ4v) is 2.71. The zero-order valence-corrected chi connectivity index (χ0v) is 10.8. The molecule has 1 N–H and O–H groups in total. The molecule has 0 spiro atoms. The third kappa shape index (κ3) is 2.40. The normalized spacial score (nSPS) is 18.2. The molecule has 0 unspecified atom stereocenters. The Balaban J connectivity index is 1.71. The molecule has 1 heteroatoms. The van der Waals surface area contributed by atoms with Gasteiger partial charge in [0.05, 0.1) is 0 Å². The summed E-state index contributed by atoms with van der Waals surface area (Å²) >= 11 is 0. The minimum Gasteiger partial charge on any atom is -0.382 e. The van der Waals surface area contributed by atoms with Crippen LogP contribution in [0.4, 0.5) is 5.69 Å². The maximum Gasteiger partial charge on any atom is 0.0342 e. The van der Waals surface area contributed by atoms with E-state index in [4.69, 9.17) is 0 Å². The molecule has 0 heterocycles. The van der Waals surface area contributed by atoms with Crippen molar-refractivity contribution in [3.63, 3.8) is 0 Å². The fraction of sp³-hybridized carbons (Fsp3) is 0.294. The number of fused-ring (bicyclic) bond motifs is 1. The van der Waals surface area contributed by atoms with Gasteiger partial charge in [-0.05, 0) is 49.4 Å². The summed E-state index contributed by atoms with van der Waals surface area (Å²) in [4.78, 5) is 0. The predicted octanol–water partition coefficient (Wildman–Crippen LogP) is 3.96. The van der Waals surface area contributed by atoms with Crippen LogP contribution in [-0.4, -0.2) is 6.04 Å². The lowest BCUT2D eigenvalue weighted by Gasteiger charge is -2.26. The van der Waals surface area contributed by atoms with E-state index in [0.29, 0.717) is 6.04 Å². The van der Waals surface area contributed by atoms with E-state index in [1.165, 1.54) is 35.2 Å².